The molecule has 66 valence electrons. The first-order valence-corrected chi connectivity index (χ1v) is 3.40. The van der Waals surface area contributed by atoms with Crippen LogP contribution in [-0.4, -0.2) is 31.3 Å². The highest BCUT2D eigenvalue weighted by Crippen LogP contribution is 2.09. The molecule has 0 fully saturated rings. The van der Waals surface area contributed by atoms with Crippen LogP contribution in [0.5, 0.6) is 0 Å². The van der Waals surface area contributed by atoms with E-state index in [9.17, 15) is 0 Å². The summed E-state index contributed by atoms with van der Waals surface area (Å²) in [6, 6.07) is 0. The average Bonchev–Trinajstić information content (AvgIpc) is 1.88. The van der Waals surface area contributed by atoms with Crippen LogP contribution in [0.1, 0.15) is 7.85 Å². The molecule has 1 heterocycles. The molecule has 1 rings (SSSR count). The Morgan fingerprint density at radius 1 is 1.73 bits per heavy atom. The summed E-state index contributed by atoms with van der Waals surface area (Å²) in [7, 11) is 2.04. The number of halogens is 1. The van der Waals surface area contributed by atoms with Gasteiger partial charge in [0, 0.05) is 26.4 Å². The highest BCUT2D eigenvalue weighted by Gasteiger charge is 2.10. The van der Waals surface area contributed by atoms with E-state index in [1.54, 1.807) is 0 Å². The Labute approximate surface area is 85.6 Å². The normalized spacial score (nSPS) is 19.4. The van der Waals surface area contributed by atoms with Crippen LogP contribution in [0.15, 0.2) is 11.3 Å². The number of nitrogens with one attached hydrogen (secondary N) is 1. The summed E-state index contributed by atoms with van der Waals surface area (Å²) in [5, 5.41) is 7.01. The van der Waals surface area contributed by atoms with Gasteiger partial charge in [0.2, 0.25) is 0 Å². The quantitative estimate of drug-likeness (QED) is 0.552. The van der Waals surface area contributed by atoms with Gasteiger partial charge in [-0.25, -0.2) is 0 Å². The minimum atomic E-state index is 0. The van der Waals surface area contributed by atoms with Gasteiger partial charge in [-0.15, -0.1) is 24.0 Å². The lowest BCUT2D eigenvalue weighted by atomic mass is 10.1. The average molecular weight is 269 g/mol. The lowest BCUT2D eigenvalue weighted by molar-refractivity contribution is 0.350. The van der Waals surface area contributed by atoms with E-state index < -0.39 is 0 Å². The van der Waals surface area contributed by atoms with Gasteiger partial charge in [0.05, 0.1) is 0 Å². The fraction of sp³-hybridized carbons (Fsp3) is 0.571. The van der Waals surface area contributed by atoms with Gasteiger partial charge < -0.3 is 16.0 Å². The predicted octanol–water partition coefficient (Wildman–Crippen LogP) is 1.05. The molecular formula is C7H16IN3. The molecule has 0 radical (unpaired) electrons. The van der Waals surface area contributed by atoms with Crippen LogP contribution in [0, 0.1) is 5.41 Å². The van der Waals surface area contributed by atoms with E-state index in [0.29, 0.717) is 0 Å². The van der Waals surface area contributed by atoms with E-state index in [-0.39, 0.29) is 25.4 Å². The number of nitrogens with two attached hydrogens (primary N) is 1. The maximum Gasteiger partial charge on any atom is 0.0380 e. The van der Waals surface area contributed by atoms with E-state index in [0.717, 1.165) is 30.8 Å². The van der Waals surface area contributed by atoms with Crippen molar-refractivity contribution in [1.29, 1.82) is 5.41 Å². The lowest BCUT2D eigenvalue weighted by Crippen LogP contribution is -2.31. The third kappa shape index (κ3) is 2.78. The highest BCUT2D eigenvalue weighted by molar-refractivity contribution is 14.0. The van der Waals surface area contributed by atoms with Gasteiger partial charge in [-0.1, -0.05) is 0 Å². The molecule has 0 atom stereocenters. The summed E-state index contributed by atoms with van der Waals surface area (Å²) in [5.41, 5.74) is 7.52. The van der Waals surface area contributed by atoms with Crippen molar-refractivity contribution in [3.05, 3.63) is 11.3 Å². The van der Waals surface area contributed by atoms with Crippen LogP contribution < -0.4 is 5.73 Å². The molecule has 0 aromatic heterocycles. The zero-order valence-electron chi connectivity index (χ0n) is 6.63. The van der Waals surface area contributed by atoms with Crippen molar-refractivity contribution in [3.63, 3.8) is 0 Å². The fourth-order valence-corrected chi connectivity index (χ4v) is 1.11. The van der Waals surface area contributed by atoms with Gasteiger partial charge in [0.15, 0.2) is 0 Å². The molecule has 0 aliphatic carbocycles. The predicted molar refractivity (Wildman–Crippen MR) is 59.6 cm³/mol. The largest absolute Gasteiger partial charge is 0.401 e. The smallest absolute Gasteiger partial charge is 0.0380 e. The van der Waals surface area contributed by atoms with Gasteiger partial charge in [-0.2, -0.15) is 0 Å². The molecular weight excluding hydrogens is 253 g/mol. The summed E-state index contributed by atoms with van der Waals surface area (Å²) in [6.07, 6.45) is 2.29. The molecule has 3 N–H and O–H groups in total. The maximum atomic E-state index is 7.01. The Balaban J connectivity index is 0. The molecule has 11 heavy (non-hydrogen) atoms. The van der Waals surface area contributed by atoms with Crippen molar-refractivity contribution < 1.29 is 1.43 Å². The van der Waals surface area contributed by atoms with Crippen LogP contribution >= 0.6 is 24.0 Å². The highest BCUT2D eigenvalue weighted by atomic mass is 127. The van der Waals surface area contributed by atoms with Gasteiger partial charge in [0.1, 0.15) is 0 Å². The molecule has 1 aliphatic rings. The Bertz CT molecular complexity index is 181. The molecule has 0 aromatic carbocycles. The SMILES string of the molecule is CN1CCC(C=N)=C(N)C1.I.[HH]. The standard InChI is InChI=1S/C7H13N3.HI.H2/c1-10-3-2-6(4-8)7(9)5-10;;/h4,8H,2-3,5,9H2,1H3;2*1H. The fourth-order valence-electron chi connectivity index (χ4n) is 1.11. The first-order valence-electron chi connectivity index (χ1n) is 3.40. The lowest BCUT2D eigenvalue weighted by Gasteiger charge is -2.23. The molecule has 0 saturated heterocycles. The van der Waals surface area contributed by atoms with Crippen molar-refractivity contribution >= 4 is 30.2 Å². The van der Waals surface area contributed by atoms with Gasteiger partial charge in [-0.05, 0) is 19.0 Å². The summed E-state index contributed by atoms with van der Waals surface area (Å²) in [5.74, 6) is 0. The van der Waals surface area contributed by atoms with Crippen LogP contribution in [0.25, 0.3) is 0 Å². The van der Waals surface area contributed by atoms with Gasteiger partial charge in [0.25, 0.3) is 0 Å². The molecule has 0 saturated carbocycles. The zero-order chi connectivity index (χ0) is 7.56. The van der Waals surface area contributed by atoms with E-state index in [1.807, 2.05) is 7.05 Å². The van der Waals surface area contributed by atoms with Crippen molar-refractivity contribution in [3.8, 4) is 0 Å². The van der Waals surface area contributed by atoms with Gasteiger partial charge >= 0.3 is 0 Å². The van der Waals surface area contributed by atoms with E-state index in [1.165, 1.54) is 6.21 Å². The Morgan fingerprint density at radius 2 is 2.36 bits per heavy atom. The summed E-state index contributed by atoms with van der Waals surface area (Å²) < 4.78 is 0. The van der Waals surface area contributed by atoms with E-state index in [2.05, 4.69) is 4.90 Å². The van der Waals surface area contributed by atoms with Crippen LogP contribution in [0.4, 0.5) is 0 Å². The first kappa shape index (κ1) is 10.9. The Kier molecular flexibility index (Phi) is 4.67. The summed E-state index contributed by atoms with van der Waals surface area (Å²) in [6.45, 7) is 1.83. The molecule has 1 aliphatic heterocycles. The van der Waals surface area contributed by atoms with Crippen LogP contribution in [0.2, 0.25) is 0 Å². The molecule has 0 bridgehead atoms. The first-order chi connectivity index (χ1) is 4.74. The monoisotopic (exact) mass is 269 g/mol. The van der Waals surface area contributed by atoms with Crippen molar-refractivity contribution in [2.24, 2.45) is 5.73 Å². The minimum absolute atomic E-state index is 0. The van der Waals surface area contributed by atoms with E-state index in [4.69, 9.17) is 11.1 Å². The van der Waals surface area contributed by atoms with Crippen molar-refractivity contribution in [1.82, 2.24) is 4.90 Å². The number of likely N-dealkylation sites (N-methyl/N-ethyl adjacent to an activating group) is 1. The minimum Gasteiger partial charge on any atom is -0.401 e. The third-order valence-corrected chi connectivity index (χ3v) is 1.79. The van der Waals surface area contributed by atoms with Crippen LogP contribution in [0.3, 0.4) is 0 Å². The zero-order valence-corrected chi connectivity index (χ0v) is 8.96. The number of hydrogen-bond acceptors (Lipinski definition) is 3. The Hall–Kier alpha value is -0.100. The second kappa shape index (κ2) is 4.71. The maximum absolute atomic E-state index is 7.01. The molecule has 0 spiro atoms. The second-order valence-electron chi connectivity index (χ2n) is 2.68. The molecule has 3 nitrogen and oxygen atoms in total. The Morgan fingerprint density at radius 3 is 2.82 bits per heavy atom. The number of hydrogen-bond donors (Lipinski definition) is 2. The van der Waals surface area contributed by atoms with Crippen LogP contribution in [-0.2, 0) is 0 Å². The topological polar surface area (TPSA) is 53.1 Å². The second-order valence-corrected chi connectivity index (χ2v) is 2.68. The van der Waals surface area contributed by atoms with Crippen molar-refractivity contribution in [2.45, 2.75) is 6.42 Å². The number of nitrogens with zero attached hydrogens (tertiary/aromatic N) is 1. The molecule has 4 heteroatoms. The summed E-state index contributed by atoms with van der Waals surface area (Å²) >= 11 is 0. The van der Waals surface area contributed by atoms with Gasteiger partial charge in [-0.3, -0.25) is 0 Å². The number of rotatable bonds is 1. The molecule has 0 aromatic rings. The van der Waals surface area contributed by atoms with Crippen molar-refractivity contribution in [2.75, 3.05) is 20.1 Å². The molecule has 0 unspecified atom stereocenters. The summed E-state index contributed by atoms with van der Waals surface area (Å²) in [4.78, 5) is 2.16. The molecule has 0 amide bonds. The third-order valence-electron chi connectivity index (χ3n) is 1.79. The van der Waals surface area contributed by atoms with E-state index >= 15 is 0 Å².